The van der Waals surface area contributed by atoms with Crippen LogP contribution in [-0.4, -0.2) is 17.8 Å². The van der Waals surface area contributed by atoms with Crippen LogP contribution in [0.5, 0.6) is 0 Å². The molecule has 102 valence electrons. The zero-order valence-corrected chi connectivity index (χ0v) is 12.3. The number of nitrogens with zero attached hydrogens (tertiary/aromatic N) is 2. The fraction of sp³-hybridized carbons (Fsp3) is 0.267. The Hall–Kier alpha value is -1.77. The SMILES string of the molecule is N#Cc1ccc(CN2CC(O)Cc3cc(Br)ccc32)o1. The zero-order chi connectivity index (χ0) is 14.1. The molecule has 0 aliphatic carbocycles. The number of aliphatic hydroxyl groups excluding tert-OH is 1. The number of nitriles is 1. The van der Waals surface area contributed by atoms with Crippen molar-refractivity contribution in [1.29, 1.82) is 5.26 Å². The Balaban J connectivity index is 1.89. The Bertz CT molecular complexity index is 675. The van der Waals surface area contributed by atoms with Gasteiger partial charge in [-0.1, -0.05) is 15.9 Å². The van der Waals surface area contributed by atoms with E-state index in [1.165, 1.54) is 0 Å². The van der Waals surface area contributed by atoms with Gasteiger partial charge < -0.3 is 14.4 Å². The molecule has 4 nitrogen and oxygen atoms in total. The number of halogens is 1. The molecule has 1 aliphatic heterocycles. The maximum Gasteiger partial charge on any atom is 0.203 e. The van der Waals surface area contributed by atoms with Crippen molar-refractivity contribution in [2.24, 2.45) is 0 Å². The molecule has 5 heteroatoms. The third-order valence-corrected chi connectivity index (χ3v) is 3.88. The first kappa shape index (κ1) is 13.2. The van der Waals surface area contributed by atoms with Crippen LogP contribution in [-0.2, 0) is 13.0 Å². The average Bonchev–Trinajstić information content (AvgIpc) is 2.85. The molecule has 1 atom stereocenters. The number of fused-ring (bicyclic) bond motifs is 1. The Morgan fingerprint density at radius 2 is 2.25 bits per heavy atom. The lowest BCUT2D eigenvalue weighted by Gasteiger charge is -2.33. The summed E-state index contributed by atoms with van der Waals surface area (Å²) in [5.74, 6) is 1.04. The number of furan rings is 1. The van der Waals surface area contributed by atoms with Crippen molar-refractivity contribution in [3.05, 3.63) is 51.9 Å². The molecule has 1 aliphatic rings. The fourth-order valence-electron chi connectivity index (χ4n) is 2.56. The van der Waals surface area contributed by atoms with Crippen molar-refractivity contribution in [3.63, 3.8) is 0 Å². The van der Waals surface area contributed by atoms with Crippen molar-refractivity contribution < 1.29 is 9.52 Å². The van der Waals surface area contributed by atoms with Gasteiger partial charge in [0.1, 0.15) is 11.8 Å². The summed E-state index contributed by atoms with van der Waals surface area (Å²) in [5, 5.41) is 18.8. The Labute approximate surface area is 125 Å². The summed E-state index contributed by atoms with van der Waals surface area (Å²) in [6.07, 6.45) is 0.273. The van der Waals surface area contributed by atoms with Crippen LogP contribution in [0.3, 0.4) is 0 Å². The molecule has 2 heterocycles. The fourth-order valence-corrected chi connectivity index (χ4v) is 2.97. The lowest BCUT2D eigenvalue weighted by molar-refractivity contribution is 0.174. The van der Waals surface area contributed by atoms with Crippen LogP contribution in [0.25, 0.3) is 0 Å². The van der Waals surface area contributed by atoms with Crippen molar-refractivity contribution in [3.8, 4) is 6.07 Å². The van der Waals surface area contributed by atoms with E-state index in [0.717, 1.165) is 21.5 Å². The first-order valence-electron chi connectivity index (χ1n) is 6.36. The number of anilines is 1. The third-order valence-electron chi connectivity index (χ3n) is 3.39. The van der Waals surface area contributed by atoms with Crippen molar-refractivity contribution >= 4 is 21.6 Å². The van der Waals surface area contributed by atoms with Crippen LogP contribution in [0.2, 0.25) is 0 Å². The Morgan fingerprint density at radius 1 is 1.40 bits per heavy atom. The van der Waals surface area contributed by atoms with Gasteiger partial charge in [0.15, 0.2) is 0 Å². The summed E-state index contributed by atoms with van der Waals surface area (Å²) in [5.41, 5.74) is 2.22. The van der Waals surface area contributed by atoms with E-state index in [1.807, 2.05) is 24.3 Å². The molecule has 3 rings (SSSR count). The molecule has 0 saturated heterocycles. The highest BCUT2D eigenvalue weighted by molar-refractivity contribution is 9.10. The molecular weight excluding hydrogens is 320 g/mol. The highest BCUT2D eigenvalue weighted by atomic mass is 79.9. The smallest absolute Gasteiger partial charge is 0.203 e. The van der Waals surface area contributed by atoms with Gasteiger partial charge in [-0.3, -0.25) is 0 Å². The van der Waals surface area contributed by atoms with E-state index < -0.39 is 0 Å². The number of benzene rings is 1. The van der Waals surface area contributed by atoms with E-state index in [1.54, 1.807) is 12.1 Å². The van der Waals surface area contributed by atoms with Crippen LogP contribution >= 0.6 is 15.9 Å². The lowest BCUT2D eigenvalue weighted by atomic mass is 9.99. The van der Waals surface area contributed by atoms with Crippen LogP contribution in [0.4, 0.5) is 5.69 Å². The predicted molar refractivity (Wildman–Crippen MR) is 78.3 cm³/mol. The average molecular weight is 333 g/mol. The maximum atomic E-state index is 10.0. The monoisotopic (exact) mass is 332 g/mol. The normalized spacial score (nSPS) is 17.6. The number of hydrogen-bond acceptors (Lipinski definition) is 4. The van der Waals surface area contributed by atoms with Gasteiger partial charge in [0.25, 0.3) is 0 Å². The summed E-state index contributed by atoms with van der Waals surface area (Å²) >= 11 is 3.46. The highest BCUT2D eigenvalue weighted by Gasteiger charge is 2.23. The molecule has 0 bridgehead atoms. The standard InChI is InChI=1S/C15H13BrN2O2/c16-11-1-4-15-10(5-11)6-12(19)8-18(15)9-14-3-2-13(7-17)20-14/h1-5,12,19H,6,8-9H2. The lowest BCUT2D eigenvalue weighted by Crippen LogP contribution is -2.37. The molecule has 0 radical (unpaired) electrons. The first-order valence-corrected chi connectivity index (χ1v) is 7.15. The number of aliphatic hydroxyl groups is 1. The summed E-state index contributed by atoms with van der Waals surface area (Å²) < 4.78 is 6.43. The van der Waals surface area contributed by atoms with Crippen molar-refractivity contribution in [1.82, 2.24) is 0 Å². The second-order valence-electron chi connectivity index (χ2n) is 4.89. The first-order chi connectivity index (χ1) is 9.65. The van der Waals surface area contributed by atoms with Crippen LogP contribution < -0.4 is 4.90 Å². The largest absolute Gasteiger partial charge is 0.449 e. The highest BCUT2D eigenvalue weighted by Crippen LogP contribution is 2.31. The molecule has 0 amide bonds. The second-order valence-corrected chi connectivity index (χ2v) is 5.80. The quantitative estimate of drug-likeness (QED) is 0.918. The van der Waals surface area contributed by atoms with E-state index in [-0.39, 0.29) is 6.10 Å². The summed E-state index contributed by atoms with van der Waals surface area (Å²) in [4.78, 5) is 2.08. The van der Waals surface area contributed by atoms with Gasteiger partial charge in [0, 0.05) is 23.1 Å². The Kier molecular flexibility index (Phi) is 3.51. The van der Waals surface area contributed by atoms with Gasteiger partial charge in [-0.15, -0.1) is 0 Å². The van der Waals surface area contributed by atoms with E-state index in [0.29, 0.717) is 25.3 Å². The minimum absolute atomic E-state index is 0.314. The molecular formula is C15H13BrN2O2. The van der Waals surface area contributed by atoms with E-state index >= 15 is 0 Å². The number of rotatable bonds is 2. The maximum absolute atomic E-state index is 10.0. The minimum Gasteiger partial charge on any atom is -0.449 e. The van der Waals surface area contributed by atoms with Gasteiger partial charge in [-0.25, -0.2) is 0 Å². The van der Waals surface area contributed by atoms with Crippen LogP contribution in [0.1, 0.15) is 17.1 Å². The summed E-state index contributed by atoms with van der Waals surface area (Å²) in [6.45, 7) is 1.12. The van der Waals surface area contributed by atoms with E-state index in [4.69, 9.17) is 9.68 Å². The zero-order valence-electron chi connectivity index (χ0n) is 10.7. The van der Waals surface area contributed by atoms with E-state index in [2.05, 4.69) is 20.8 Å². The summed E-state index contributed by atoms with van der Waals surface area (Å²) in [7, 11) is 0. The molecule has 0 spiro atoms. The molecule has 1 aromatic heterocycles. The molecule has 20 heavy (non-hydrogen) atoms. The molecule has 0 saturated carbocycles. The van der Waals surface area contributed by atoms with Gasteiger partial charge in [0.05, 0.1) is 12.6 Å². The van der Waals surface area contributed by atoms with Gasteiger partial charge in [0.2, 0.25) is 5.76 Å². The number of hydrogen-bond donors (Lipinski definition) is 1. The molecule has 2 aromatic rings. The topological polar surface area (TPSA) is 60.4 Å². The summed E-state index contributed by atoms with van der Waals surface area (Å²) in [6, 6.07) is 11.5. The molecule has 1 N–H and O–H groups in total. The predicted octanol–water partition coefficient (Wildman–Crippen LogP) is 2.84. The minimum atomic E-state index is -0.387. The van der Waals surface area contributed by atoms with Crippen molar-refractivity contribution in [2.45, 2.75) is 19.1 Å². The Morgan fingerprint density at radius 3 is 3.00 bits per heavy atom. The van der Waals surface area contributed by atoms with Crippen molar-refractivity contribution in [2.75, 3.05) is 11.4 Å². The van der Waals surface area contributed by atoms with Crippen LogP contribution in [0, 0.1) is 11.3 Å². The molecule has 1 aromatic carbocycles. The second kappa shape index (κ2) is 5.31. The molecule has 1 unspecified atom stereocenters. The molecule has 0 fully saturated rings. The van der Waals surface area contributed by atoms with Gasteiger partial charge in [-0.05, 0) is 35.9 Å². The van der Waals surface area contributed by atoms with Gasteiger partial charge >= 0.3 is 0 Å². The number of β-amino-alcohol motifs (C(OH)–C–C–N with tert-alkyl or cyclic N) is 1. The van der Waals surface area contributed by atoms with Crippen LogP contribution in [0.15, 0.2) is 39.2 Å². The van der Waals surface area contributed by atoms with Gasteiger partial charge in [-0.2, -0.15) is 5.26 Å². The van der Waals surface area contributed by atoms with E-state index in [9.17, 15) is 5.11 Å². The third kappa shape index (κ3) is 2.58.